The van der Waals surface area contributed by atoms with Gasteiger partial charge < -0.3 is 20.1 Å². The minimum atomic E-state index is -0.105. The second-order valence-electron chi connectivity index (χ2n) is 8.99. The lowest BCUT2D eigenvalue weighted by molar-refractivity contribution is -0.105. The van der Waals surface area contributed by atoms with Crippen LogP contribution in [0.5, 0.6) is 11.6 Å². The summed E-state index contributed by atoms with van der Waals surface area (Å²) in [4.78, 5) is 15.7. The molecule has 0 radical (unpaired) electrons. The molecule has 8 nitrogen and oxygen atoms in total. The van der Waals surface area contributed by atoms with Crippen molar-refractivity contribution in [1.29, 1.82) is 0 Å². The summed E-state index contributed by atoms with van der Waals surface area (Å²) in [6, 6.07) is 16.1. The first-order valence-electron chi connectivity index (χ1n) is 11.8. The zero-order chi connectivity index (χ0) is 25.3. The molecule has 1 saturated carbocycles. The van der Waals surface area contributed by atoms with Gasteiger partial charge in [0.15, 0.2) is 5.82 Å². The summed E-state index contributed by atoms with van der Waals surface area (Å²) in [5, 5.41) is 15.8. The molecule has 9 heteroatoms. The standard InChI is InChI=1S/C27H29N5O3S/c1-5-36-24-11-10-22(26(30-24)35-4)29-25-18-8-6-16(12-23(18)31-32-25)20-14-27(20,2)19-13-17(34-3)7-9-21(19)28-15-33/h6-13,15,20H,5,14H2,1-4H3,(H,28,33)(H2,29,31,32). The molecule has 2 heterocycles. The number of H-pyrrole nitrogens is 1. The number of carbonyl (C=O) groups excluding carboxylic acids is 1. The predicted octanol–water partition coefficient (Wildman–Crippen LogP) is 5.84. The monoisotopic (exact) mass is 503 g/mol. The Bertz CT molecular complexity index is 1420. The smallest absolute Gasteiger partial charge is 0.238 e. The van der Waals surface area contributed by atoms with Gasteiger partial charge in [0.25, 0.3) is 0 Å². The van der Waals surface area contributed by atoms with Gasteiger partial charge in [0.05, 0.1) is 19.7 Å². The van der Waals surface area contributed by atoms with Crippen LogP contribution in [-0.2, 0) is 10.2 Å². The molecule has 0 aliphatic heterocycles. The number of hydrogen-bond donors (Lipinski definition) is 3. The molecule has 1 fully saturated rings. The zero-order valence-electron chi connectivity index (χ0n) is 20.7. The van der Waals surface area contributed by atoms with Gasteiger partial charge in [0.2, 0.25) is 12.3 Å². The number of pyridine rings is 1. The molecule has 5 rings (SSSR count). The quantitative estimate of drug-likeness (QED) is 0.184. The second kappa shape index (κ2) is 9.73. The Labute approximate surface area is 214 Å². The topological polar surface area (TPSA) is 101 Å². The number of methoxy groups -OCH3 is 2. The summed E-state index contributed by atoms with van der Waals surface area (Å²) in [6.07, 6.45) is 1.70. The van der Waals surface area contributed by atoms with E-state index in [1.807, 2.05) is 30.3 Å². The van der Waals surface area contributed by atoms with Crippen LogP contribution in [0.3, 0.4) is 0 Å². The van der Waals surface area contributed by atoms with Crippen LogP contribution in [0, 0.1) is 0 Å². The molecule has 186 valence electrons. The summed E-state index contributed by atoms with van der Waals surface area (Å²) >= 11 is 1.67. The first-order chi connectivity index (χ1) is 17.5. The Balaban J connectivity index is 1.41. The number of nitrogens with one attached hydrogen (secondary N) is 3. The van der Waals surface area contributed by atoms with Gasteiger partial charge in [0, 0.05) is 16.5 Å². The highest BCUT2D eigenvalue weighted by molar-refractivity contribution is 7.99. The summed E-state index contributed by atoms with van der Waals surface area (Å²) in [5.41, 5.74) is 4.72. The van der Waals surface area contributed by atoms with Crippen molar-refractivity contribution >= 4 is 46.3 Å². The number of aromatic nitrogens is 3. The van der Waals surface area contributed by atoms with Gasteiger partial charge in [-0.05, 0) is 71.7 Å². The number of carbonyl (C=O) groups is 1. The maximum atomic E-state index is 11.2. The van der Waals surface area contributed by atoms with Gasteiger partial charge in [-0.1, -0.05) is 19.9 Å². The molecule has 3 N–H and O–H groups in total. The van der Waals surface area contributed by atoms with Crippen LogP contribution < -0.4 is 20.1 Å². The van der Waals surface area contributed by atoms with Crippen LogP contribution in [0.4, 0.5) is 17.2 Å². The van der Waals surface area contributed by atoms with E-state index < -0.39 is 0 Å². The van der Waals surface area contributed by atoms with E-state index >= 15 is 0 Å². The van der Waals surface area contributed by atoms with Crippen LogP contribution in [0.25, 0.3) is 10.9 Å². The molecule has 36 heavy (non-hydrogen) atoms. The summed E-state index contributed by atoms with van der Waals surface area (Å²) in [6.45, 7) is 4.32. The van der Waals surface area contributed by atoms with Gasteiger partial charge >= 0.3 is 0 Å². The molecule has 1 aliphatic carbocycles. The Morgan fingerprint density at radius 1 is 1.14 bits per heavy atom. The van der Waals surface area contributed by atoms with E-state index in [1.165, 1.54) is 5.56 Å². The van der Waals surface area contributed by atoms with Gasteiger partial charge in [-0.25, -0.2) is 4.98 Å². The molecule has 1 aliphatic rings. The van der Waals surface area contributed by atoms with Crippen molar-refractivity contribution in [1.82, 2.24) is 15.2 Å². The molecule has 0 saturated heterocycles. The number of rotatable bonds is 10. The van der Waals surface area contributed by atoms with Crippen LogP contribution in [0.1, 0.15) is 37.3 Å². The maximum Gasteiger partial charge on any atom is 0.238 e. The third-order valence-electron chi connectivity index (χ3n) is 6.86. The molecule has 1 amide bonds. The number of aromatic amines is 1. The third-order valence-corrected chi connectivity index (χ3v) is 7.67. The number of ether oxygens (including phenoxy) is 2. The van der Waals surface area contributed by atoms with Crippen LogP contribution >= 0.6 is 11.8 Å². The van der Waals surface area contributed by atoms with Crippen molar-refractivity contribution in [2.45, 2.75) is 36.6 Å². The molecule has 2 atom stereocenters. The molecule has 0 spiro atoms. The average Bonchev–Trinajstić information content (AvgIpc) is 3.44. The summed E-state index contributed by atoms with van der Waals surface area (Å²) < 4.78 is 10.9. The third kappa shape index (κ3) is 4.35. The predicted molar refractivity (Wildman–Crippen MR) is 144 cm³/mol. The van der Waals surface area contributed by atoms with Crippen LogP contribution in [0.15, 0.2) is 53.6 Å². The highest BCUT2D eigenvalue weighted by Gasteiger charge is 2.53. The van der Waals surface area contributed by atoms with Gasteiger partial charge in [-0.2, -0.15) is 5.10 Å². The molecular weight excluding hydrogens is 474 g/mol. The van der Waals surface area contributed by atoms with Gasteiger partial charge in [-0.3, -0.25) is 9.89 Å². The first-order valence-corrected chi connectivity index (χ1v) is 12.8. The Kier molecular flexibility index (Phi) is 6.49. The van der Waals surface area contributed by atoms with Crippen molar-refractivity contribution in [3.63, 3.8) is 0 Å². The fraction of sp³-hybridized carbons (Fsp3) is 0.296. The average molecular weight is 504 g/mol. The van der Waals surface area contributed by atoms with E-state index in [-0.39, 0.29) is 5.41 Å². The summed E-state index contributed by atoms with van der Waals surface area (Å²) in [7, 11) is 3.27. The molecule has 0 bridgehead atoms. The highest BCUT2D eigenvalue weighted by Crippen LogP contribution is 2.62. The molecule has 2 aromatic carbocycles. The fourth-order valence-corrected chi connectivity index (χ4v) is 5.45. The van der Waals surface area contributed by atoms with Crippen molar-refractivity contribution in [2.75, 3.05) is 30.6 Å². The number of nitrogens with zero attached hydrogens (tertiary/aromatic N) is 2. The molecular formula is C27H29N5O3S. The number of thioether (sulfide) groups is 1. The lowest BCUT2D eigenvalue weighted by Crippen LogP contribution is -2.09. The van der Waals surface area contributed by atoms with E-state index in [9.17, 15) is 4.79 Å². The Morgan fingerprint density at radius 3 is 2.72 bits per heavy atom. The lowest BCUT2D eigenvalue weighted by Gasteiger charge is -2.18. The number of hydrogen-bond acceptors (Lipinski definition) is 7. The van der Waals surface area contributed by atoms with E-state index in [0.717, 1.165) is 63.0 Å². The van der Waals surface area contributed by atoms with E-state index in [1.54, 1.807) is 26.0 Å². The normalized spacial score (nSPS) is 18.6. The second-order valence-corrected chi connectivity index (χ2v) is 10.3. The number of amides is 1. The van der Waals surface area contributed by atoms with Gasteiger partial charge in [0.1, 0.15) is 16.5 Å². The molecule has 2 unspecified atom stereocenters. The van der Waals surface area contributed by atoms with Gasteiger partial charge in [-0.15, -0.1) is 11.8 Å². The van der Waals surface area contributed by atoms with E-state index in [4.69, 9.17) is 9.47 Å². The largest absolute Gasteiger partial charge is 0.497 e. The zero-order valence-corrected chi connectivity index (χ0v) is 21.5. The maximum absolute atomic E-state index is 11.2. The Hall–Kier alpha value is -3.72. The van der Waals surface area contributed by atoms with Crippen molar-refractivity contribution in [3.8, 4) is 11.6 Å². The minimum Gasteiger partial charge on any atom is -0.497 e. The SMILES string of the molecule is CCSc1ccc(Nc2n[nH]c3cc(C4CC4(C)c4cc(OC)ccc4NC=O)ccc23)c(OC)n1. The van der Waals surface area contributed by atoms with Crippen molar-refractivity contribution < 1.29 is 14.3 Å². The van der Waals surface area contributed by atoms with Crippen molar-refractivity contribution in [2.24, 2.45) is 0 Å². The fourth-order valence-electron chi connectivity index (χ4n) is 4.84. The van der Waals surface area contributed by atoms with Crippen LogP contribution in [-0.4, -0.2) is 41.6 Å². The minimum absolute atomic E-state index is 0.105. The van der Waals surface area contributed by atoms with E-state index in [2.05, 4.69) is 57.9 Å². The lowest BCUT2D eigenvalue weighted by atomic mass is 9.90. The number of benzene rings is 2. The van der Waals surface area contributed by atoms with Crippen LogP contribution in [0.2, 0.25) is 0 Å². The number of anilines is 3. The van der Waals surface area contributed by atoms with Crippen molar-refractivity contribution in [3.05, 3.63) is 59.7 Å². The number of fused-ring (bicyclic) bond motifs is 1. The first kappa shape index (κ1) is 24.0. The highest BCUT2D eigenvalue weighted by atomic mass is 32.2. The molecule has 2 aromatic heterocycles. The summed E-state index contributed by atoms with van der Waals surface area (Å²) in [5.74, 6) is 3.29. The molecule has 4 aromatic rings. The Morgan fingerprint density at radius 2 is 1.97 bits per heavy atom. The van der Waals surface area contributed by atoms with E-state index in [0.29, 0.717) is 11.8 Å².